The Morgan fingerprint density at radius 2 is 1.12 bits per heavy atom. The molecule has 0 radical (unpaired) electrons. The zero-order valence-electron chi connectivity index (χ0n) is 5.05. The van der Waals surface area contributed by atoms with Gasteiger partial charge in [0.2, 0.25) is 0 Å². The van der Waals surface area contributed by atoms with Crippen LogP contribution in [0.4, 0.5) is 0 Å². The van der Waals surface area contributed by atoms with Crippen LogP contribution in [-0.2, 0) is 0 Å². The van der Waals surface area contributed by atoms with Crippen LogP contribution >= 0.6 is 0 Å². The van der Waals surface area contributed by atoms with Crippen LogP contribution in [-0.4, -0.2) is 30.4 Å². The molecule has 52 valence electrons. The summed E-state index contributed by atoms with van der Waals surface area (Å²) < 4.78 is 0. The molecule has 0 heterocycles. The minimum Gasteiger partial charge on any atom is -0.400 e. The molecule has 0 aliphatic rings. The average Bonchev–Trinajstić information content (AvgIpc) is 1.75. The molecule has 0 bridgehead atoms. The van der Waals surface area contributed by atoms with Crippen LogP contribution in [0.2, 0.25) is 0 Å². The molecule has 0 rings (SSSR count). The van der Waals surface area contributed by atoms with Crippen molar-refractivity contribution in [2.75, 3.05) is 14.2 Å². The third-order valence-corrected chi connectivity index (χ3v) is 0. The topological polar surface area (TPSA) is 116 Å². The Labute approximate surface area is 48.4 Å². The molecule has 0 spiro atoms. The van der Waals surface area contributed by atoms with Crippen LogP contribution < -0.4 is 11.5 Å². The third kappa shape index (κ3) is 139. The number of rotatable bonds is 0. The molecular formula is C3H13N3O2. The quantitative estimate of drug-likeness (QED) is 0.190. The number of hydrogen-bond donors (Lipinski definition) is 5. The monoisotopic (exact) mass is 123 g/mol. The predicted octanol–water partition coefficient (Wildman–Crippen LogP) is -1.94. The number of hydrogen-bond acceptors (Lipinski definition) is 3. The van der Waals surface area contributed by atoms with E-state index in [9.17, 15) is 0 Å². The molecule has 0 aliphatic carbocycles. The molecular weight excluding hydrogens is 110 g/mol. The molecule has 0 aromatic rings. The number of nitrogens with two attached hydrogens (primary N) is 2. The van der Waals surface area contributed by atoms with Gasteiger partial charge in [-0.1, -0.05) is 0 Å². The summed E-state index contributed by atoms with van der Waals surface area (Å²) in [6, 6.07) is 0. The van der Waals surface area contributed by atoms with Crippen molar-refractivity contribution >= 4 is 5.96 Å². The fourth-order valence-corrected chi connectivity index (χ4v) is 0. The van der Waals surface area contributed by atoms with E-state index in [-0.39, 0.29) is 5.96 Å². The van der Waals surface area contributed by atoms with E-state index >= 15 is 0 Å². The highest BCUT2D eigenvalue weighted by Gasteiger charge is 1.52. The summed E-state index contributed by atoms with van der Waals surface area (Å²) in [6.45, 7) is 0. The van der Waals surface area contributed by atoms with Gasteiger partial charge >= 0.3 is 0 Å². The maximum atomic E-state index is 7.00. The predicted molar refractivity (Wildman–Crippen MR) is 32.4 cm³/mol. The third-order valence-electron chi connectivity index (χ3n) is 0. The first-order valence-electron chi connectivity index (χ1n) is 1.72. The number of nitrogens with one attached hydrogen (secondary N) is 1. The second kappa shape index (κ2) is 34.8. The van der Waals surface area contributed by atoms with Gasteiger partial charge in [0.25, 0.3) is 0 Å². The highest BCUT2D eigenvalue weighted by atomic mass is 16.2. The summed E-state index contributed by atoms with van der Waals surface area (Å²) in [5, 5.41) is 20.1. The minimum atomic E-state index is -0.333. The van der Waals surface area contributed by atoms with E-state index in [2.05, 4.69) is 11.5 Å². The van der Waals surface area contributed by atoms with Gasteiger partial charge < -0.3 is 21.7 Å². The Hall–Kier alpha value is -0.810. The van der Waals surface area contributed by atoms with E-state index in [1.807, 2.05) is 0 Å². The van der Waals surface area contributed by atoms with Crippen molar-refractivity contribution in [1.82, 2.24) is 0 Å². The van der Waals surface area contributed by atoms with Gasteiger partial charge in [0.05, 0.1) is 0 Å². The first-order valence-corrected chi connectivity index (χ1v) is 1.72. The Morgan fingerprint density at radius 3 is 1.12 bits per heavy atom. The van der Waals surface area contributed by atoms with Gasteiger partial charge in [-0.3, -0.25) is 5.41 Å². The lowest BCUT2D eigenvalue weighted by Crippen LogP contribution is -2.20. The molecule has 8 heavy (non-hydrogen) atoms. The van der Waals surface area contributed by atoms with Crippen molar-refractivity contribution in [3.05, 3.63) is 0 Å². The highest BCUT2D eigenvalue weighted by molar-refractivity contribution is 5.71. The molecule has 5 nitrogen and oxygen atoms in total. The van der Waals surface area contributed by atoms with Crippen LogP contribution in [0.25, 0.3) is 0 Å². The Morgan fingerprint density at radius 1 is 1.12 bits per heavy atom. The number of aliphatic hydroxyl groups excluding tert-OH is 2. The van der Waals surface area contributed by atoms with E-state index in [0.717, 1.165) is 14.2 Å². The molecule has 5 heteroatoms. The molecule has 0 atom stereocenters. The summed E-state index contributed by atoms with van der Waals surface area (Å²) in [7, 11) is 2.00. The fraction of sp³-hybridized carbons (Fsp3) is 0.667. The molecule has 0 saturated carbocycles. The largest absolute Gasteiger partial charge is 0.400 e. The maximum absolute atomic E-state index is 7.00. The molecule has 0 aromatic heterocycles. The Kier molecular flexibility index (Phi) is 68.2. The van der Waals surface area contributed by atoms with Gasteiger partial charge in [-0.15, -0.1) is 0 Å². The van der Waals surface area contributed by atoms with E-state index in [0.29, 0.717) is 0 Å². The number of aliphatic hydroxyl groups is 2. The van der Waals surface area contributed by atoms with Gasteiger partial charge in [-0.25, -0.2) is 0 Å². The van der Waals surface area contributed by atoms with Crippen LogP contribution in [0, 0.1) is 5.41 Å². The molecule has 0 aromatic carbocycles. The van der Waals surface area contributed by atoms with Crippen molar-refractivity contribution < 1.29 is 10.2 Å². The summed E-state index contributed by atoms with van der Waals surface area (Å²) in [4.78, 5) is 0. The van der Waals surface area contributed by atoms with Gasteiger partial charge in [-0.2, -0.15) is 0 Å². The normalized spacial score (nSPS) is 4.50. The van der Waals surface area contributed by atoms with Crippen molar-refractivity contribution in [1.29, 1.82) is 5.41 Å². The average molecular weight is 123 g/mol. The van der Waals surface area contributed by atoms with Crippen LogP contribution in [0.5, 0.6) is 0 Å². The number of guanidine groups is 1. The van der Waals surface area contributed by atoms with E-state index in [4.69, 9.17) is 15.6 Å². The van der Waals surface area contributed by atoms with Crippen molar-refractivity contribution in [3.63, 3.8) is 0 Å². The smallest absolute Gasteiger partial charge is 0.183 e. The first-order chi connectivity index (χ1) is 3.73. The zero-order valence-corrected chi connectivity index (χ0v) is 5.05. The second-order valence-electron chi connectivity index (χ2n) is 0.455. The lowest BCUT2D eigenvalue weighted by Gasteiger charge is -1.69. The SMILES string of the molecule is CO.CO.N=C(N)N. The minimum absolute atomic E-state index is 0.333. The second-order valence-corrected chi connectivity index (χ2v) is 0.455. The van der Waals surface area contributed by atoms with Gasteiger partial charge in [0.1, 0.15) is 0 Å². The standard InChI is InChI=1S/CH5N3.2CH4O/c2-1(3)4;2*1-2/h(H5,2,3,4);2*2H,1H3. The molecule has 0 fully saturated rings. The van der Waals surface area contributed by atoms with Gasteiger partial charge in [0, 0.05) is 14.2 Å². The Bertz CT molecular complexity index is 35.5. The van der Waals surface area contributed by atoms with E-state index in [1.54, 1.807) is 0 Å². The molecule has 0 saturated heterocycles. The summed E-state index contributed by atoms with van der Waals surface area (Å²) >= 11 is 0. The van der Waals surface area contributed by atoms with Crippen molar-refractivity contribution in [2.45, 2.75) is 0 Å². The van der Waals surface area contributed by atoms with Crippen LogP contribution in [0.3, 0.4) is 0 Å². The molecule has 0 unspecified atom stereocenters. The fourth-order valence-electron chi connectivity index (χ4n) is 0. The summed E-state index contributed by atoms with van der Waals surface area (Å²) in [6.07, 6.45) is 0. The summed E-state index contributed by atoms with van der Waals surface area (Å²) in [5.41, 5.74) is 8.94. The first kappa shape index (κ1) is 15.7. The van der Waals surface area contributed by atoms with Gasteiger partial charge in [0.15, 0.2) is 5.96 Å². The van der Waals surface area contributed by atoms with Crippen LogP contribution in [0.1, 0.15) is 0 Å². The van der Waals surface area contributed by atoms with Crippen LogP contribution in [0.15, 0.2) is 0 Å². The lowest BCUT2D eigenvalue weighted by atomic mass is 11.1. The van der Waals surface area contributed by atoms with E-state index < -0.39 is 0 Å². The molecule has 0 aliphatic heterocycles. The van der Waals surface area contributed by atoms with E-state index in [1.165, 1.54) is 0 Å². The zero-order chi connectivity index (χ0) is 7.58. The maximum Gasteiger partial charge on any atom is 0.183 e. The van der Waals surface area contributed by atoms with Crippen molar-refractivity contribution in [3.8, 4) is 0 Å². The molecule has 7 N–H and O–H groups in total. The Balaban J connectivity index is -0.0000000542. The highest BCUT2D eigenvalue weighted by Crippen LogP contribution is 1.13. The van der Waals surface area contributed by atoms with Gasteiger partial charge in [-0.05, 0) is 0 Å². The molecule has 0 amide bonds. The summed E-state index contributed by atoms with van der Waals surface area (Å²) in [5.74, 6) is -0.333. The van der Waals surface area contributed by atoms with Crippen molar-refractivity contribution in [2.24, 2.45) is 11.5 Å². The lowest BCUT2D eigenvalue weighted by molar-refractivity contribution is 0.399.